The number of aliphatic hydroxyl groups excluding tert-OH is 3. The molecule has 0 fully saturated rings. The zero-order valence-electron chi connectivity index (χ0n) is 20.3. The van der Waals surface area contributed by atoms with Crippen molar-refractivity contribution in [3.8, 4) is 11.5 Å². The average Bonchev–Trinajstić information content (AvgIpc) is 2.80. The molecule has 1 aliphatic heterocycles. The average molecular weight is 610 g/mol. The highest BCUT2D eigenvalue weighted by Gasteiger charge is 2.29. The van der Waals surface area contributed by atoms with Crippen LogP contribution < -0.4 is 4.74 Å². The van der Waals surface area contributed by atoms with Crippen LogP contribution in [0.4, 0.5) is 0 Å². The zero-order valence-corrected chi connectivity index (χ0v) is 23.5. The Morgan fingerprint density at radius 1 is 0.882 bits per heavy atom. The SMILES string of the molecule is CC1(C)OCc2cc(Br)cc(CO)c2O1.COC(C)(C)OC.OCc1cc(Br)cc(CO)c1O. The van der Waals surface area contributed by atoms with Crippen molar-refractivity contribution < 1.29 is 39.4 Å². The number of phenols is 1. The highest BCUT2D eigenvalue weighted by atomic mass is 79.9. The highest BCUT2D eigenvalue weighted by Crippen LogP contribution is 2.36. The summed E-state index contributed by atoms with van der Waals surface area (Å²) < 4.78 is 22.6. The fourth-order valence-corrected chi connectivity index (χ4v) is 3.74. The fraction of sp³-hybridized carbons (Fsp3) is 0.500. The Morgan fingerprint density at radius 2 is 1.32 bits per heavy atom. The summed E-state index contributed by atoms with van der Waals surface area (Å²) in [5.74, 6) is -0.328. The number of halogens is 2. The van der Waals surface area contributed by atoms with Gasteiger partial charge >= 0.3 is 0 Å². The van der Waals surface area contributed by atoms with Crippen LogP contribution in [0.2, 0.25) is 0 Å². The molecule has 0 saturated heterocycles. The Labute approximate surface area is 217 Å². The highest BCUT2D eigenvalue weighted by molar-refractivity contribution is 9.10. The minimum absolute atomic E-state index is 0.0299. The molecule has 0 atom stereocenters. The molecule has 0 saturated carbocycles. The van der Waals surface area contributed by atoms with Gasteiger partial charge in [0.1, 0.15) is 11.5 Å². The van der Waals surface area contributed by atoms with Crippen molar-refractivity contribution in [2.45, 2.75) is 65.7 Å². The maximum Gasteiger partial charge on any atom is 0.205 e. The van der Waals surface area contributed by atoms with Gasteiger partial charge in [-0.3, -0.25) is 0 Å². The molecule has 192 valence electrons. The Balaban J connectivity index is 0.000000274. The molecule has 0 unspecified atom stereocenters. The maximum atomic E-state index is 9.37. The molecule has 0 amide bonds. The first kappa shape index (κ1) is 30.8. The van der Waals surface area contributed by atoms with Gasteiger partial charge in [0.05, 0.1) is 26.4 Å². The molecule has 10 heteroatoms. The van der Waals surface area contributed by atoms with Crippen molar-refractivity contribution in [1.29, 1.82) is 0 Å². The van der Waals surface area contributed by atoms with Crippen molar-refractivity contribution in [2.24, 2.45) is 0 Å². The van der Waals surface area contributed by atoms with Crippen LogP contribution in [0, 0.1) is 0 Å². The van der Waals surface area contributed by atoms with Crippen molar-refractivity contribution in [3.63, 3.8) is 0 Å². The molecule has 2 aromatic rings. The summed E-state index contributed by atoms with van der Waals surface area (Å²) in [6.07, 6.45) is 0. The van der Waals surface area contributed by atoms with E-state index in [1.807, 2.05) is 39.8 Å². The quantitative estimate of drug-likeness (QED) is 0.359. The maximum absolute atomic E-state index is 9.37. The minimum Gasteiger partial charge on any atom is -0.507 e. The van der Waals surface area contributed by atoms with Crippen molar-refractivity contribution in [1.82, 2.24) is 0 Å². The number of aliphatic hydroxyl groups is 3. The normalized spacial score (nSPS) is 14.1. The van der Waals surface area contributed by atoms with Crippen LogP contribution in [-0.4, -0.2) is 46.2 Å². The Morgan fingerprint density at radius 3 is 1.74 bits per heavy atom. The predicted molar refractivity (Wildman–Crippen MR) is 135 cm³/mol. The number of methoxy groups -OCH3 is 2. The molecule has 0 radical (unpaired) electrons. The van der Waals surface area contributed by atoms with Gasteiger partial charge in [0.15, 0.2) is 5.79 Å². The third kappa shape index (κ3) is 9.43. The lowest BCUT2D eigenvalue weighted by atomic mass is 10.1. The molecule has 1 aliphatic rings. The molecule has 2 aromatic carbocycles. The zero-order chi connectivity index (χ0) is 26.1. The van der Waals surface area contributed by atoms with Gasteiger partial charge in [-0.25, -0.2) is 0 Å². The number of rotatable bonds is 5. The summed E-state index contributed by atoms with van der Waals surface area (Å²) in [6.45, 7) is 7.43. The van der Waals surface area contributed by atoms with Crippen LogP contribution in [0.3, 0.4) is 0 Å². The van der Waals surface area contributed by atoms with Crippen LogP contribution in [0.1, 0.15) is 49.9 Å². The van der Waals surface area contributed by atoms with Crippen LogP contribution in [-0.2, 0) is 40.6 Å². The molecule has 0 aromatic heterocycles. The van der Waals surface area contributed by atoms with E-state index in [2.05, 4.69) is 31.9 Å². The molecule has 34 heavy (non-hydrogen) atoms. The summed E-state index contributed by atoms with van der Waals surface area (Å²) >= 11 is 6.58. The van der Waals surface area contributed by atoms with E-state index in [9.17, 15) is 10.2 Å². The first-order valence-electron chi connectivity index (χ1n) is 10.4. The van der Waals surface area contributed by atoms with Gasteiger partial charge in [-0.1, -0.05) is 31.9 Å². The third-order valence-corrected chi connectivity index (χ3v) is 5.77. The molecule has 8 nitrogen and oxygen atoms in total. The predicted octanol–water partition coefficient (Wildman–Crippen LogP) is 4.74. The summed E-state index contributed by atoms with van der Waals surface area (Å²) in [7, 11) is 3.23. The molecule has 0 spiro atoms. The second-order valence-corrected chi connectivity index (χ2v) is 10.0. The topological polar surface area (TPSA) is 118 Å². The standard InChI is InChI=1S/C11H13BrO3.C8H9BrO3.C5H12O2/c1-11(2)14-6-8-4-9(12)3-7(5-13)10(8)15-11;9-7-1-5(3-10)8(12)6(2-7)4-11;1-5(2,6-3)7-4/h3-4,13H,5-6H2,1-2H3;1-2,10-12H,3-4H2;1-4H3. The first-order valence-corrected chi connectivity index (χ1v) is 12.0. The third-order valence-electron chi connectivity index (χ3n) is 4.86. The van der Waals surface area contributed by atoms with Crippen molar-refractivity contribution in [2.75, 3.05) is 14.2 Å². The Kier molecular flexibility index (Phi) is 12.4. The van der Waals surface area contributed by atoms with Crippen LogP contribution in [0.25, 0.3) is 0 Å². The number of aromatic hydroxyl groups is 1. The Hall–Kier alpha value is -1.24. The molecule has 0 aliphatic carbocycles. The van der Waals surface area contributed by atoms with E-state index >= 15 is 0 Å². The van der Waals surface area contributed by atoms with Gasteiger partial charge in [0, 0.05) is 59.3 Å². The number of ether oxygens (including phenoxy) is 4. The van der Waals surface area contributed by atoms with E-state index in [4.69, 9.17) is 29.2 Å². The second-order valence-electron chi connectivity index (χ2n) is 8.20. The number of benzene rings is 2. The monoisotopic (exact) mass is 608 g/mol. The molecular weight excluding hydrogens is 576 g/mol. The fourth-order valence-electron chi connectivity index (χ4n) is 2.64. The molecule has 3 rings (SSSR count). The molecular formula is C24H34Br2O8. The minimum atomic E-state index is -0.620. The number of hydrogen-bond acceptors (Lipinski definition) is 8. The van der Waals surface area contributed by atoms with E-state index in [1.165, 1.54) is 0 Å². The van der Waals surface area contributed by atoms with Gasteiger partial charge in [-0.15, -0.1) is 0 Å². The molecule has 4 N–H and O–H groups in total. The van der Waals surface area contributed by atoms with Gasteiger partial charge in [-0.05, 0) is 38.1 Å². The van der Waals surface area contributed by atoms with E-state index in [0.717, 1.165) is 25.8 Å². The summed E-state index contributed by atoms with van der Waals surface area (Å²) in [6, 6.07) is 7.02. The van der Waals surface area contributed by atoms with Crippen LogP contribution in [0.5, 0.6) is 11.5 Å². The molecule has 0 bridgehead atoms. The van der Waals surface area contributed by atoms with Crippen molar-refractivity contribution in [3.05, 3.63) is 55.5 Å². The van der Waals surface area contributed by atoms with E-state index in [1.54, 1.807) is 26.4 Å². The van der Waals surface area contributed by atoms with E-state index in [-0.39, 0.29) is 25.6 Å². The summed E-state index contributed by atoms with van der Waals surface area (Å²) in [4.78, 5) is 0. The summed E-state index contributed by atoms with van der Waals surface area (Å²) in [5.41, 5.74) is 2.57. The smallest absolute Gasteiger partial charge is 0.205 e. The lowest BCUT2D eigenvalue weighted by Crippen LogP contribution is -2.35. The van der Waals surface area contributed by atoms with E-state index in [0.29, 0.717) is 17.7 Å². The molecule has 1 heterocycles. The number of fused-ring (bicyclic) bond motifs is 1. The van der Waals surface area contributed by atoms with E-state index < -0.39 is 11.6 Å². The van der Waals surface area contributed by atoms with Gasteiger partial charge in [0.25, 0.3) is 0 Å². The van der Waals surface area contributed by atoms with Gasteiger partial charge in [-0.2, -0.15) is 0 Å². The lowest BCUT2D eigenvalue weighted by Gasteiger charge is -2.33. The lowest BCUT2D eigenvalue weighted by molar-refractivity contribution is -0.180. The Bertz CT molecular complexity index is 883. The van der Waals surface area contributed by atoms with Gasteiger partial charge in [0.2, 0.25) is 5.79 Å². The van der Waals surface area contributed by atoms with Gasteiger partial charge < -0.3 is 39.4 Å². The summed E-state index contributed by atoms with van der Waals surface area (Å²) in [5, 5.41) is 36.2. The van der Waals surface area contributed by atoms with Crippen LogP contribution >= 0.6 is 31.9 Å². The largest absolute Gasteiger partial charge is 0.507 e. The van der Waals surface area contributed by atoms with Crippen molar-refractivity contribution >= 4 is 31.9 Å². The van der Waals surface area contributed by atoms with Crippen LogP contribution in [0.15, 0.2) is 33.2 Å². The second kappa shape index (κ2) is 13.7. The first-order chi connectivity index (χ1) is 15.8. The number of hydrogen-bond donors (Lipinski definition) is 4.